The fourth-order valence-corrected chi connectivity index (χ4v) is 7.24. The summed E-state index contributed by atoms with van der Waals surface area (Å²) in [5, 5.41) is 16.8. The van der Waals surface area contributed by atoms with Gasteiger partial charge in [-0.25, -0.2) is 43.9 Å². The second-order valence-electron chi connectivity index (χ2n) is 13.8. The Labute approximate surface area is 366 Å². The Balaban J connectivity index is 0.000000162. The fraction of sp³-hybridized carbons (Fsp3) is 0. The van der Waals surface area contributed by atoms with Crippen LogP contribution in [0.3, 0.4) is 0 Å². The van der Waals surface area contributed by atoms with Gasteiger partial charge in [0.05, 0.1) is 50.2 Å². The summed E-state index contributed by atoms with van der Waals surface area (Å²) in [6, 6.07) is 52.6. The standard InChI is InChI=1S/C27H22BN6.C18H10N4.ClHO4.Cu/c1-4-10-22(11-5-1)25-16-19-32(29-25)28(33-20-17-26(30-33)23-12-6-2-7-13-23)34-21-18-27(31-34)24-14-8-3-9-15-24;1-2-8-14-13(7-1)21-17-11-5-3-9-19-15(11)16-12(18(17)22-14)6-4-10-20-16;2-1(3,4)5;/h1-21,28H;1-10H;(H,2,3,4,5);/q-1;;;+2/p-1. The fourth-order valence-electron chi connectivity index (χ4n) is 7.24. The van der Waals surface area contributed by atoms with Crippen molar-refractivity contribution >= 4 is 51.0 Å². The van der Waals surface area contributed by atoms with E-state index in [0.717, 1.165) is 77.6 Å². The van der Waals surface area contributed by atoms with E-state index in [-0.39, 0.29) is 17.1 Å². The molecule has 6 heterocycles. The van der Waals surface area contributed by atoms with Gasteiger partial charge >= 0.3 is 24.2 Å². The average molecular weight is 887 g/mol. The summed E-state index contributed by atoms with van der Waals surface area (Å²) in [7, 11) is -6.42. The number of pyridine rings is 2. The number of fused-ring (bicyclic) bond motifs is 7. The predicted molar refractivity (Wildman–Crippen MR) is 224 cm³/mol. The van der Waals surface area contributed by atoms with Crippen molar-refractivity contribution in [2.75, 3.05) is 0 Å². The van der Waals surface area contributed by atoms with Crippen molar-refractivity contribution in [2.45, 2.75) is 0 Å². The van der Waals surface area contributed by atoms with Gasteiger partial charge in [0.1, 0.15) is 0 Å². The van der Waals surface area contributed by atoms with E-state index in [2.05, 4.69) is 46.4 Å². The minimum absolute atomic E-state index is 0. The molecule has 11 rings (SSSR count). The smallest absolute Gasteiger partial charge is 0.402 e. The van der Waals surface area contributed by atoms with Crippen molar-refractivity contribution in [1.82, 2.24) is 49.0 Å². The predicted octanol–water partition coefficient (Wildman–Crippen LogP) is 4.06. The molecule has 11 aromatic rings. The molecule has 307 valence electrons. The molecular formula is C45H32BClCuN10O4. The summed E-state index contributed by atoms with van der Waals surface area (Å²) in [6.07, 6.45) is 9.61. The molecule has 0 aliphatic heterocycles. The first-order valence-electron chi connectivity index (χ1n) is 19.1. The van der Waals surface area contributed by atoms with Crippen LogP contribution in [0, 0.1) is 10.2 Å². The minimum atomic E-state index is -4.94. The van der Waals surface area contributed by atoms with Crippen LogP contribution in [0.1, 0.15) is 0 Å². The maximum absolute atomic E-state index is 8.49. The van der Waals surface area contributed by atoms with E-state index < -0.39 is 17.4 Å². The Morgan fingerprint density at radius 1 is 0.387 bits per heavy atom. The largest absolute Gasteiger partial charge is 2.00 e. The van der Waals surface area contributed by atoms with Crippen LogP contribution in [-0.4, -0.2) is 56.1 Å². The Kier molecular flexibility index (Phi) is 12.2. The van der Waals surface area contributed by atoms with Crippen LogP contribution >= 0.6 is 0 Å². The van der Waals surface area contributed by atoms with E-state index in [0.29, 0.717) is 0 Å². The molecule has 17 heteroatoms. The normalized spacial score (nSPS) is 11.2. The van der Waals surface area contributed by atoms with Gasteiger partial charge in [-0.1, -0.05) is 103 Å². The van der Waals surface area contributed by atoms with E-state index in [1.165, 1.54) is 0 Å². The average Bonchev–Trinajstić information content (AvgIpc) is 4.10. The summed E-state index contributed by atoms with van der Waals surface area (Å²) < 4.78 is 39.9. The van der Waals surface area contributed by atoms with Crippen LogP contribution < -0.4 is 18.6 Å². The molecule has 0 atom stereocenters. The number of para-hydroxylation sites is 2. The number of nitrogens with zero attached hydrogens (tertiary/aromatic N) is 10. The monoisotopic (exact) mass is 885 g/mol. The number of halogens is 1. The van der Waals surface area contributed by atoms with Crippen LogP contribution in [0.15, 0.2) is 189 Å². The van der Waals surface area contributed by atoms with E-state index in [1.54, 1.807) is 12.4 Å². The van der Waals surface area contributed by atoms with Crippen molar-refractivity contribution < 1.29 is 45.9 Å². The zero-order chi connectivity index (χ0) is 41.8. The van der Waals surface area contributed by atoms with Crippen LogP contribution in [0.25, 0.3) is 77.6 Å². The molecule has 62 heavy (non-hydrogen) atoms. The van der Waals surface area contributed by atoms with Crippen molar-refractivity contribution in [3.63, 3.8) is 0 Å². The summed E-state index contributed by atoms with van der Waals surface area (Å²) in [6.45, 7) is 0. The van der Waals surface area contributed by atoms with Gasteiger partial charge in [0, 0.05) is 39.9 Å². The molecule has 14 nitrogen and oxygen atoms in total. The third-order valence-electron chi connectivity index (χ3n) is 9.92. The van der Waals surface area contributed by atoms with Crippen molar-refractivity contribution in [3.8, 4) is 33.8 Å². The van der Waals surface area contributed by atoms with Gasteiger partial charge < -0.3 is 13.8 Å². The topological polar surface area (TPSA) is 197 Å². The van der Waals surface area contributed by atoms with Gasteiger partial charge in [-0.3, -0.25) is 9.97 Å². The summed E-state index contributed by atoms with van der Waals surface area (Å²) in [4.78, 5) is 18.7. The van der Waals surface area contributed by atoms with E-state index in [1.807, 2.05) is 154 Å². The van der Waals surface area contributed by atoms with Crippen molar-refractivity contribution in [3.05, 3.63) is 189 Å². The van der Waals surface area contributed by atoms with Gasteiger partial charge in [-0.05, 0) is 73.2 Å². The van der Waals surface area contributed by atoms with Gasteiger partial charge in [0.25, 0.3) is 0 Å². The van der Waals surface area contributed by atoms with Gasteiger partial charge in [0.15, 0.2) is 0 Å². The summed E-state index contributed by atoms with van der Waals surface area (Å²) in [5.41, 5.74) is 11.3. The third-order valence-corrected chi connectivity index (χ3v) is 9.92. The van der Waals surface area contributed by atoms with E-state index >= 15 is 0 Å². The van der Waals surface area contributed by atoms with Crippen molar-refractivity contribution in [2.24, 2.45) is 0 Å². The molecule has 0 aliphatic rings. The quantitative estimate of drug-likeness (QED) is 0.133. The molecule has 5 aromatic carbocycles. The van der Waals surface area contributed by atoms with E-state index in [9.17, 15) is 0 Å². The maximum atomic E-state index is 8.49. The number of rotatable bonds is 6. The Morgan fingerprint density at radius 2 is 0.710 bits per heavy atom. The molecule has 0 aliphatic carbocycles. The first-order valence-corrected chi connectivity index (χ1v) is 20.3. The number of benzene rings is 5. The first kappa shape index (κ1) is 41.6. The zero-order valence-corrected chi connectivity index (χ0v) is 34.1. The molecule has 0 fully saturated rings. The van der Waals surface area contributed by atoms with Crippen LogP contribution in [0.4, 0.5) is 0 Å². The molecule has 0 saturated heterocycles. The molecule has 0 saturated carbocycles. The molecular weight excluding hydrogens is 854 g/mol. The molecule has 0 N–H and O–H groups in total. The zero-order valence-electron chi connectivity index (χ0n) is 32.4. The Bertz CT molecular complexity index is 2960. The molecule has 1 radical (unpaired) electrons. The molecule has 6 aromatic heterocycles. The minimum Gasteiger partial charge on any atom is -0.402 e. The number of hydrogen-bond acceptors (Lipinski definition) is 11. The van der Waals surface area contributed by atoms with E-state index in [4.69, 9.17) is 43.9 Å². The summed E-state index contributed by atoms with van der Waals surface area (Å²) in [5.74, 6) is 0. The summed E-state index contributed by atoms with van der Waals surface area (Å²) >= 11 is 0. The van der Waals surface area contributed by atoms with Gasteiger partial charge in [-0.15, -0.1) is 10.2 Å². The second kappa shape index (κ2) is 18.2. The van der Waals surface area contributed by atoms with Crippen molar-refractivity contribution in [1.29, 1.82) is 0 Å². The molecule has 0 unspecified atom stereocenters. The second-order valence-corrected chi connectivity index (χ2v) is 14.6. The molecule has 0 spiro atoms. The maximum Gasteiger partial charge on any atom is 2.00 e. The van der Waals surface area contributed by atoms with Gasteiger partial charge in [-0.2, -0.15) is 0 Å². The molecule has 0 amide bonds. The van der Waals surface area contributed by atoms with Crippen LogP contribution in [-0.2, 0) is 17.1 Å². The Hall–Kier alpha value is -7.14. The van der Waals surface area contributed by atoms with Crippen LogP contribution in [0.5, 0.6) is 0 Å². The SMILES string of the molecule is [Cu+2].[O-][Cl+3]([O-])([O-])[O-].c1ccc(-c2ccn([BH-](n3ccc(-c4ccccc4)n3)n3ccc(-c4ccccc4)n3)n2)cc1.c1ccc2nc3c4cccnc4c4ncccc4c3nc2c1. The van der Waals surface area contributed by atoms with Gasteiger partial charge in [0.2, 0.25) is 0 Å². The third kappa shape index (κ3) is 9.12. The van der Waals surface area contributed by atoms with Crippen LogP contribution in [0.2, 0.25) is 0 Å². The Morgan fingerprint density at radius 3 is 1.05 bits per heavy atom. The molecule has 0 bridgehead atoms. The first-order chi connectivity index (χ1) is 29.8. The number of aromatic nitrogens is 10. The number of hydrogen-bond donors (Lipinski definition) is 0.